The molecule has 4 nitrogen and oxygen atoms in total. The van der Waals surface area contributed by atoms with E-state index in [1.807, 2.05) is 0 Å². The Morgan fingerprint density at radius 2 is 1.40 bits per heavy atom. The van der Waals surface area contributed by atoms with E-state index in [0.717, 1.165) is 18.3 Å². The SMILES string of the molecule is CCC(C)(C)OC1CC(CN2C(C)CN(CC3CCN(C(C)(C)C)CC3)CC2C)C1. The molecule has 0 aromatic heterocycles. The molecule has 2 saturated heterocycles. The maximum atomic E-state index is 6.30. The number of rotatable bonds is 7. The zero-order valence-corrected chi connectivity index (χ0v) is 21.4. The zero-order valence-electron chi connectivity index (χ0n) is 21.4. The lowest BCUT2D eigenvalue weighted by molar-refractivity contribution is -0.129. The fourth-order valence-electron chi connectivity index (χ4n) is 5.88. The normalized spacial score (nSPS) is 33.6. The molecule has 0 aromatic carbocycles. The second-order valence-corrected chi connectivity index (χ2v) is 12.4. The lowest BCUT2D eigenvalue weighted by atomic mass is 9.80. The molecule has 0 amide bonds. The van der Waals surface area contributed by atoms with Crippen LogP contribution in [-0.2, 0) is 4.74 Å². The Bertz CT molecular complexity index is 517. The van der Waals surface area contributed by atoms with Crippen molar-refractivity contribution < 1.29 is 4.74 Å². The second-order valence-electron chi connectivity index (χ2n) is 12.4. The van der Waals surface area contributed by atoms with Gasteiger partial charge >= 0.3 is 0 Å². The summed E-state index contributed by atoms with van der Waals surface area (Å²) in [6.45, 7) is 26.3. The van der Waals surface area contributed by atoms with Crippen LogP contribution in [0.15, 0.2) is 0 Å². The summed E-state index contributed by atoms with van der Waals surface area (Å²) in [5.74, 6) is 1.72. The number of hydrogen-bond acceptors (Lipinski definition) is 4. The Morgan fingerprint density at radius 1 is 0.833 bits per heavy atom. The van der Waals surface area contributed by atoms with Crippen molar-refractivity contribution in [3.8, 4) is 0 Å². The molecular formula is C26H51N3O. The average Bonchev–Trinajstić information content (AvgIpc) is 2.62. The van der Waals surface area contributed by atoms with E-state index in [4.69, 9.17) is 4.74 Å². The summed E-state index contributed by atoms with van der Waals surface area (Å²) in [5.41, 5.74) is 0.377. The summed E-state index contributed by atoms with van der Waals surface area (Å²) in [6, 6.07) is 1.35. The maximum Gasteiger partial charge on any atom is 0.0627 e. The van der Waals surface area contributed by atoms with Crippen molar-refractivity contribution >= 4 is 0 Å². The molecule has 3 rings (SSSR count). The Labute approximate surface area is 187 Å². The first-order valence-electron chi connectivity index (χ1n) is 12.9. The molecule has 2 unspecified atom stereocenters. The standard InChI is InChI=1S/C26H51N3O/c1-9-26(7,8)30-24-14-23(15-24)19-29-20(2)16-27(17-21(29)3)18-22-10-12-28(13-11-22)25(4,5)6/h20-24H,9-19H2,1-8H3. The van der Waals surface area contributed by atoms with Gasteiger partial charge in [-0.05, 0) is 105 Å². The molecule has 0 N–H and O–H groups in total. The lowest BCUT2D eigenvalue weighted by Gasteiger charge is -2.49. The molecular weight excluding hydrogens is 370 g/mol. The van der Waals surface area contributed by atoms with E-state index in [-0.39, 0.29) is 5.60 Å². The third-order valence-electron chi connectivity index (χ3n) is 8.26. The van der Waals surface area contributed by atoms with Gasteiger partial charge in [-0.15, -0.1) is 0 Å². The summed E-state index contributed by atoms with van der Waals surface area (Å²) >= 11 is 0. The molecule has 2 heterocycles. The fourth-order valence-corrected chi connectivity index (χ4v) is 5.88. The van der Waals surface area contributed by atoms with Crippen LogP contribution in [0.2, 0.25) is 0 Å². The van der Waals surface area contributed by atoms with Crippen LogP contribution in [0.5, 0.6) is 0 Å². The van der Waals surface area contributed by atoms with E-state index in [0.29, 0.717) is 23.7 Å². The minimum Gasteiger partial charge on any atom is -0.372 e. The summed E-state index contributed by atoms with van der Waals surface area (Å²) in [5, 5.41) is 0. The minimum absolute atomic E-state index is 0.0465. The molecule has 0 radical (unpaired) electrons. The van der Waals surface area contributed by atoms with Crippen molar-refractivity contribution in [3.05, 3.63) is 0 Å². The highest BCUT2D eigenvalue weighted by molar-refractivity contribution is 4.92. The lowest BCUT2D eigenvalue weighted by Crippen LogP contribution is -2.59. The molecule has 176 valence electrons. The van der Waals surface area contributed by atoms with Gasteiger partial charge in [0.1, 0.15) is 0 Å². The van der Waals surface area contributed by atoms with E-state index in [1.54, 1.807) is 0 Å². The molecule has 1 saturated carbocycles. The number of nitrogens with zero attached hydrogens (tertiary/aromatic N) is 3. The first-order chi connectivity index (χ1) is 14.0. The first kappa shape index (κ1) is 24.5. The quantitative estimate of drug-likeness (QED) is 0.583. The van der Waals surface area contributed by atoms with Crippen molar-refractivity contribution in [3.63, 3.8) is 0 Å². The molecule has 4 heteroatoms. The van der Waals surface area contributed by atoms with Gasteiger partial charge in [-0.1, -0.05) is 6.92 Å². The highest BCUT2D eigenvalue weighted by Crippen LogP contribution is 2.36. The monoisotopic (exact) mass is 421 g/mol. The number of piperidine rings is 1. The zero-order chi connectivity index (χ0) is 22.1. The van der Waals surface area contributed by atoms with Crippen LogP contribution >= 0.6 is 0 Å². The van der Waals surface area contributed by atoms with Gasteiger partial charge in [0, 0.05) is 43.8 Å². The smallest absolute Gasteiger partial charge is 0.0627 e. The van der Waals surface area contributed by atoms with Gasteiger partial charge in [0.25, 0.3) is 0 Å². The molecule has 0 aromatic rings. The molecule has 0 bridgehead atoms. The largest absolute Gasteiger partial charge is 0.372 e. The molecule has 2 aliphatic heterocycles. The predicted molar refractivity (Wildman–Crippen MR) is 128 cm³/mol. The van der Waals surface area contributed by atoms with E-state index in [2.05, 4.69) is 70.1 Å². The van der Waals surface area contributed by atoms with Crippen molar-refractivity contribution in [2.24, 2.45) is 11.8 Å². The first-order valence-corrected chi connectivity index (χ1v) is 12.9. The van der Waals surface area contributed by atoms with Crippen molar-refractivity contribution in [2.45, 2.75) is 117 Å². The molecule has 3 aliphatic rings. The van der Waals surface area contributed by atoms with Gasteiger partial charge in [0.2, 0.25) is 0 Å². The van der Waals surface area contributed by atoms with Crippen LogP contribution in [0.25, 0.3) is 0 Å². The van der Waals surface area contributed by atoms with Crippen molar-refractivity contribution in [1.82, 2.24) is 14.7 Å². The maximum absolute atomic E-state index is 6.30. The number of hydrogen-bond donors (Lipinski definition) is 0. The summed E-state index contributed by atoms with van der Waals surface area (Å²) in [4.78, 5) is 8.24. The molecule has 30 heavy (non-hydrogen) atoms. The Morgan fingerprint density at radius 3 is 1.90 bits per heavy atom. The Balaban J connectivity index is 1.39. The highest BCUT2D eigenvalue weighted by atomic mass is 16.5. The van der Waals surface area contributed by atoms with Gasteiger partial charge in [-0.3, -0.25) is 14.7 Å². The molecule has 1 aliphatic carbocycles. The van der Waals surface area contributed by atoms with Crippen LogP contribution in [0.4, 0.5) is 0 Å². The fraction of sp³-hybridized carbons (Fsp3) is 1.00. The summed E-state index contributed by atoms with van der Waals surface area (Å²) < 4.78 is 6.30. The van der Waals surface area contributed by atoms with Crippen molar-refractivity contribution in [2.75, 3.05) is 39.3 Å². The van der Waals surface area contributed by atoms with Gasteiger partial charge in [0.05, 0.1) is 11.7 Å². The highest BCUT2D eigenvalue weighted by Gasteiger charge is 2.38. The molecule has 0 spiro atoms. The minimum atomic E-state index is 0.0465. The van der Waals surface area contributed by atoms with Crippen LogP contribution in [0.1, 0.15) is 87.5 Å². The van der Waals surface area contributed by atoms with Crippen LogP contribution < -0.4 is 0 Å². The van der Waals surface area contributed by atoms with Gasteiger partial charge in [0.15, 0.2) is 0 Å². The van der Waals surface area contributed by atoms with E-state index < -0.39 is 0 Å². The van der Waals surface area contributed by atoms with Crippen LogP contribution in [0.3, 0.4) is 0 Å². The van der Waals surface area contributed by atoms with E-state index >= 15 is 0 Å². The Hall–Kier alpha value is -0.160. The third-order valence-corrected chi connectivity index (χ3v) is 8.26. The van der Waals surface area contributed by atoms with Gasteiger partial charge < -0.3 is 4.74 Å². The molecule has 3 fully saturated rings. The third kappa shape index (κ3) is 6.43. The van der Waals surface area contributed by atoms with Crippen molar-refractivity contribution in [1.29, 1.82) is 0 Å². The number of ether oxygens (including phenoxy) is 1. The van der Waals surface area contributed by atoms with Crippen LogP contribution in [0, 0.1) is 11.8 Å². The van der Waals surface area contributed by atoms with E-state index in [9.17, 15) is 0 Å². The topological polar surface area (TPSA) is 19.0 Å². The Kier molecular flexibility index (Phi) is 7.97. The predicted octanol–water partition coefficient (Wildman–Crippen LogP) is 4.88. The average molecular weight is 422 g/mol. The number of likely N-dealkylation sites (tertiary alicyclic amines) is 1. The summed E-state index contributed by atoms with van der Waals surface area (Å²) in [7, 11) is 0. The van der Waals surface area contributed by atoms with Crippen LogP contribution in [-0.4, -0.2) is 83.3 Å². The van der Waals surface area contributed by atoms with Gasteiger partial charge in [-0.2, -0.15) is 0 Å². The number of piperazine rings is 1. The summed E-state index contributed by atoms with van der Waals surface area (Å²) in [6.07, 6.45) is 6.86. The van der Waals surface area contributed by atoms with Gasteiger partial charge in [-0.25, -0.2) is 0 Å². The van der Waals surface area contributed by atoms with E-state index in [1.165, 1.54) is 65.0 Å². The molecule has 2 atom stereocenters. The second kappa shape index (κ2) is 9.77.